The number of halogens is 2. The molecule has 0 aromatic heterocycles. The summed E-state index contributed by atoms with van der Waals surface area (Å²) in [7, 11) is 0. The number of carbonyl (C=O) groups is 6. The number of Topliss-reactive ketones (excluding diaryl/α,β-unsaturated/α-hetero) is 1. The van der Waals surface area contributed by atoms with Crippen LogP contribution in [-0.4, -0.2) is 81.6 Å². The molecule has 5 rings (SSSR count). The van der Waals surface area contributed by atoms with Gasteiger partial charge in [0, 0.05) is 24.9 Å². The quantitative estimate of drug-likeness (QED) is 0.181. The van der Waals surface area contributed by atoms with Crippen LogP contribution in [0.4, 0.5) is 4.79 Å². The van der Waals surface area contributed by atoms with E-state index in [4.69, 9.17) is 27.9 Å². The minimum atomic E-state index is -1.27. The number of alkyl halides is 2. The SMILES string of the molecule is CCCC(NC(=O)[C@@H]1C2C(CN1C(=O)[C@@H](NC(=O)OC(C)(C)C)C1Cc3ccccc3C1)C2(Cl)Cl)C(=O)C(=O)NCC(=O)NCc1ccccc1. The number of hydrogen-bond donors (Lipinski definition) is 4. The van der Waals surface area contributed by atoms with E-state index in [-0.39, 0.29) is 25.4 Å². The van der Waals surface area contributed by atoms with E-state index in [1.165, 1.54) is 4.90 Å². The molecule has 0 radical (unpaired) electrons. The summed E-state index contributed by atoms with van der Waals surface area (Å²) in [5.41, 5.74) is 2.19. The van der Waals surface area contributed by atoms with Gasteiger partial charge in [0.1, 0.15) is 22.0 Å². The predicted octanol–water partition coefficient (Wildman–Crippen LogP) is 3.21. The Balaban J connectivity index is 1.28. The van der Waals surface area contributed by atoms with Crippen LogP contribution < -0.4 is 21.3 Å². The summed E-state index contributed by atoms with van der Waals surface area (Å²) in [5, 5.41) is 10.5. The number of benzene rings is 2. The van der Waals surface area contributed by atoms with Crippen LogP contribution in [0, 0.1) is 17.8 Å². The lowest BCUT2D eigenvalue weighted by Crippen LogP contribution is -2.60. The molecule has 3 aliphatic rings. The zero-order chi connectivity index (χ0) is 37.1. The second-order valence-electron chi connectivity index (χ2n) is 14.5. The van der Waals surface area contributed by atoms with Gasteiger partial charge in [0.05, 0.1) is 12.6 Å². The molecule has 51 heavy (non-hydrogen) atoms. The highest BCUT2D eigenvalue weighted by molar-refractivity contribution is 6.51. The molecule has 0 bridgehead atoms. The van der Waals surface area contributed by atoms with Crippen molar-refractivity contribution in [1.82, 2.24) is 26.2 Å². The van der Waals surface area contributed by atoms with Crippen molar-refractivity contribution in [3.05, 3.63) is 71.3 Å². The largest absolute Gasteiger partial charge is 0.444 e. The molecule has 5 atom stereocenters. The molecule has 4 N–H and O–H groups in total. The first-order valence-electron chi connectivity index (χ1n) is 17.3. The Hall–Kier alpha value is -4.16. The molecule has 1 saturated carbocycles. The standard InChI is InChI=1S/C37H45Cl2N5O7/c1-5-11-26(31(46)33(48)41-19-27(45)40-18-21-12-7-6-8-13-21)42-32(47)30-28-25(37(28,38)39)20-44(30)34(49)29(43-35(50)51-36(2,3)4)24-16-22-14-9-10-15-23(22)17-24/h6-10,12-15,24-26,28-30H,5,11,16-20H2,1-4H3,(H,40,45)(H,41,48)(H,42,47)(H,43,50)/t25?,26?,28?,29-,30-/m0/s1. The van der Waals surface area contributed by atoms with Gasteiger partial charge in [-0.2, -0.15) is 0 Å². The van der Waals surface area contributed by atoms with Gasteiger partial charge < -0.3 is 30.9 Å². The molecule has 1 saturated heterocycles. The molecule has 274 valence electrons. The number of carbonyl (C=O) groups excluding carboxylic acids is 6. The molecule has 3 unspecified atom stereocenters. The molecule has 12 nitrogen and oxygen atoms in total. The van der Waals surface area contributed by atoms with Gasteiger partial charge in [-0.05, 0) is 62.6 Å². The van der Waals surface area contributed by atoms with E-state index < -0.39 is 81.9 Å². The van der Waals surface area contributed by atoms with Crippen molar-refractivity contribution in [1.29, 1.82) is 0 Å². The predicted molar refractivity (Wildman–Crippen MR) is 191 cm³/mol. The topological polar surface area (TPSA) is 163 Å². The van der Waals surface area contributed by atoms with Crippen LogP contribution in [0.15, 0.2) is 54.6 Å². The Morgan fingerprint density at radius 3 is 2.16 bits per heavy atom. The maximum Gasteiger partial charge on any atom is 0.408 e. The van der Waals surface area contributed by atoms with Gasteiger partial charge in [-0.3, -0.25) is 24.0 Å². The van der Waals surface area contributed by atoms with Crippen LogP contribution in [0.2, 0.25) is 0 Å². The highest BCUT2D eigenvalue weighted by atomic mass is 35.5. The third-order valence-electron chi connectivity index (χ3n) is 9.55. The lowest BCUT2D eigenvalue weighted by molar-refractivity contribution is -0.144. The summed E-state index contributed by atoms with van der Waals surface area (Å²) < 4.78 is 4.24. The maximum atomic E-state index is 14.4. The second-order valence-corrected chi connectivity index (χ2v) is 15.9. The highest BCUT2D eigenvalue weighted by Crippen LogP contribution is 2.65. The molecule has 1 heterocycles. The van der Waals surface area contributed by atoms with Crippen molar-refractivity contribution in [2.24, 2.45) is 17.8 Å². The summed E-state index contributed by atoms with van der Waals surface area (Å²) in [5.74, 6) is -5.00. The van der Waals surface area contributed by atoms with Gasteiger partial charge >= 0.3 is 6.09 Å². The van der Waals surface area contributed by atoms with Crippen molar-refractivity contribution in [2.45, 2.75) is 88.0 Å². The number of amides is 5. The van der Waals surface area contributed by atoms with E-state index in [9.17, 15) is 28.8 Å². The molecule has 14 heteroatoms. The molecule has 2 fully saturated rings. The number of piperidine rings is 1. The van der Waals surface area contributed by atoms with Gasteiger partial charge in [0.25, 0.3) is 5.91 Å². The fraction of sp³-hybridized carbons (Fsp3) is 0.514. The van der Waals surface area contributed by atoms with Crippen molar-refractivity contribution in [2.75, 3.05) is 13.1 Å². The molecule has 2 aromatic carbocycles. The summed E-state index contributed by atoms with van der Waals surface area (Å²) in [6, 6.07) is 13.6. The Bertz CT molecular complexity index is 1640. The summed E-state index contributed by atoms with van der Waals surface area (Å²) in [6.45, 7) is 6.83. The Kier molecular flexibility index (Phi) is 11.7. The van der Waals surface area contributed by atoms with E-state index in [0.29, 0.717) is 19.3 Å². The highest BCUT2D eigenvalue weighted by Gasteiger charge is 2.74. The number of fused-ring (bicyclic) bond motifs is 2. The van der Waals surface area contributed by atoms with Gasteiger partial charge in [0.15, 0.2) is 0 Å². The monoisotopic (exact) mass is 741 g/mol. The molecular formula is C37H45Cl2N5O7. The van der Waals surface area contributed by atoms with Crippen LogP contribution in [0.5, 0.6) is 0 Å². The Morgan fingerprint density at radius 2 is 1.55 bits per heavy atom. The van der Waals surface area contributed by atoms with Gasteiger partial charge in [-0.1, -0.05) is 67.9 Å². The van der Waals surface area contributed by atoms with Crippen LogP contribution in [0.25, 0.3) is 0 Å². The number of nitrogens with zero attached hydrogens (tertiary/aromatic N) is 1. The normalized spacial score (nSPS) is 21.4. The summed E-state index contributed by atoms with van der Waals surface area (Å²) in [6.07, 6.45) is 0.866. The minimum absolute atomic E-state index is 0.0612. The van der Waals surface area contributed by atoms with Gasteiger partial charge in [-0.25, -0.2) is 4.79 Å². The van der Waals surface area contributed by atoms with E-state index >= 15 is 0 Å². The lowest BCUT2D eigenvalue weighted by atomic mass is 9.94. The number of ketones is 1. The molecule has 2 aliphatic carbocycles. The Labute approximate surface area is 307 Å². The van der Waals surface area contributed by atoms with Crippen molar-refractivity contribution < 1.29 is 33.5 Å². The molecular weight excluding hydrogens is 697 g/mol. The zero-order valence-corrected chi connectivity index (χ0v) is 30.7. The van der Waals surface area contributed by atoms with Crippen molar-refractivity contribution in [3.8, 4) is 0 Å². The summed E-state index contributed by atoms with van der Waals surface area (Å²) in [4.78, 5) is 81.4. The van der Waals surface area contributed by atoms with Crippen LogP contribution in [-0.2, 0) is 48.1 Å². The third kappa shape index (κ3) is 9.02. The van der Waals surface area contributed by atoms with Gasteiger partial charge in [-0.15, -0.1) is 23.2 Å². The van der Waals surface area contributed by atoms with Crippen LogP contribution in [0.1, 0.15) is 57.2 Å². The lowest BCUT2D eigenvalue weighted by Gasteiger charge is -2.35. The number of alkyl carbamates (subject to hydrolysis) is 1. The smallest absolute Gasteiger partial charge is 0.408 e. The number of rotatable bonds is 13. The number of ether oxygens (including phenoxy) is 1. The van der Waals surface area contributed by atoms with Crippen molar-refractivity contribution in [3.63, 3.8) is 0 Å². The molecule has 1 aliphatic heterocycles. The molecule has 5 amide bonds. The molecule has 0 spiro atoms. The number of likely N-dealkylation sites (tertiary alicyclic amines) is 1. The van der Waals surface area contributed by atoms with E-state index in [1.807, 2.05) is 54.6 Å². The second kappa shape index (κ2) is 15.6. The average molecular weight is 743 g/mol. The zero-order valence-electron chi connectivity index (χ0n) is 29.2. The van der Waals surface area contributed by atoms with Crippen LogP contribution >= 0.6 is 23.2 Å². The number of nitrogens with one attached hydrogen (secondary N) is 4. The fourth-order valence-electron chi connectivity index (χ4n) is 7.04. The first kappa shape index (κ1) is 38.1. The number of hydrogen-bond acceptors (Lipinski definition) is 7. The minimum Gasteiger partial charge on any atom is -0.444 e. The first-order chi connectivity index (χ1) is 24.1. The maximum absolute atomic E-state index is 14.4. The van der Waals surface area contributed by atoms with Crippen molar-refractivity contribution >= 4 is 58.7 Å². The van der Waals surface area contributed by atoms with E-state index in [0.717, 1.165) is 16.7 Å². The Morgan fingerprint density at radius 1 is 0.922 bits per heavy atom. The summed E-state index contributed by atoms with van der Waals surface area (Å²) >= 11 is 13.2. The van der Waals surface area contributed by atoms with Crippen LogP contribution in [0.3, 0.4) is 0 Å². The average Bonchev–Trinajstić information content (AvgIpc) is 3.43. The third-order valence-corrected chi connectivity index (χ3v) is 10.6. The van der Waals surface area contributed by atoms with E-state index in [1.54, 1.807) is 27.7 Å². The van der Waals surface area contributed by atoms with Gasteiger partial charge in [0.2, 0.25) is 23.5 Å². The first-order valence-corrected chi connectivity index (χ1v) is 18.0. The fourth-order valence-corrected chi connectivity index (χ4v) is 7.86. The van der Waals surface area contributed by atoms with E-state index in [2.05, 4.69) is 21.3 Å². The molecule has 2 aromatic rings.